The summed E-state index contributed by atoms with van der Waals surface area (Å²) in [7, 11) is 1.76. The Morgan fingerprint density at radius 3 is 3.00 bits per heavy atom. The van der Waals surface area contributed by atoms with Crippen molar-refractivity contribution in [2.75, 3.05) is 0 Å². The molecule has 24 heavy (non-hydrogen) atoms. The lowest BCUT2D eigenvalue weighted by Gasteiger charge is -2.17. The van der Waals surface area contributed by atoms with Gasteiger partial charge < -0.3 is 9.40 Å². The lowest BCUT2D eigenvalue weighted by atomic mass is 9.89. The first kappa shape index (κ1) is 15.4. The third kappa shape index (κ3) is 2.95. The lowest BCUT2D eigenvalue weighted by molar-refractivity contribution is 0.334. The van der Waals surface area contributed by atoms with Gasteiger partial charge in [0.05, 0.1) is 11.9 Å². The van der Waals surface area contributed by atoms with Crippen LogP contribution in [-0.2, 0) is 12.8 Å². The minimum Gasteiger partial charge on any atom is -0.416 e. The fourth-order valence-electron chi connectivity index (χ4n) is 3.07. The minimum atomic E-state index is -0.183. The third-order valence-corrected chi connectivity index (χ3v) is 5.19. The van der Waals surface area contributed by atoms with Gasteiger partial charge in [0.25, 0.3) is 10.8 Å². The van der Waals surface area contributed by atoms with Crippen molar-refractivity contribution in [2.45, 2.75) is 49.0 Å². The average Bonchev–Trinajstić information content (AvgIpc) is 3.22. The van der Waals surface area contributed by atoms with Crippen molar-refractivity contribution in [3.63, 3.8) is 0 Å². The van der Waals surface area contributed by atoms with Gasteiger partial charge in [0, 0.05) is 13.0 Å². The Morgan fingerprint density at radius 2 is 2.17 bits per heavy atom. The molecule has 1 aliphatic rings. The maximum Gasteiger partial charge on any atom is 0.277 e. The molecule has 9 heteroatoms. The Bertz CT molecular complexity index is 908. The molecule has 1 N–H and O–H groups in total. The lowest BCUT2D eigenvalue weighted by Crippen LogP contribution is -2.11. The van der Waals surface area contributed by atoms with E-state index in [4.69, 9.17) is 4.42 Å². The highest BCUT2D eigenvalue weighted by molar-refractivity contribution is 7.98. The number of aromatic amines is 1. The fourth-order valence-corrected chi connectivity index (χ4v) is 3.71. The van der Waals surface area contributed by atoms with Crippen LogP contribution in [0.15, 0.2) is 20.6 Å². The Morgan fingerprint density at radius 1 is 1.33 bits per heavy atom. The second-order valence-electron chi connectivity index (χ2n) is 6.05. The van der Waals surface area contributed by atoms with Gasteiger partial charge in [-0.2, -0.15) is 5.10 Å². The number of nitrogens with zero attached hydrogens (tertiary/aromatic N) is 5. The van der Waals surface area contributed by atoms with E-state index in [1.54, 1.807) is 11.7 Å². The van der Waals surface area contributed by atoms with E-state index in [-0.39, 0.29) is 5.56 Å². The van der Waals surface area contributed by atoms with Crippen LogP contribution in [-0.4, -0.2) is 29.9 Å². The van der Waals surface area contributed by atoms with Crippen LogP contribution in [0.4, 0.5) is 0 Å². The van der Waals surface area contributed by atoms with Crippen LogP contribution in [0, 0.1) is 0 Å². The topological polar surface area (TPSA) is 102 Å². The first-order valence-electron chi connectivity index (χ1n) is 8.08. The normalized spacial score (nSPS) is 16.0. The molecule has 0 saturated heterocycles. The zero-order valence-electron chi connectivity index (χ0n) is 13.4. The quantitative estimate of drug-likeness (QED) is 0.723. The molecule has 0 atom stereocenters. The molecule has 3 aromatic heterocycles. The molecule has 0 aliphatic heterocycles. The molecule has 8 nitrogen and oxygen atoms in total. The summed E-state index contributed by atoms with van der Waals surface area (Å²) in [5.41, 5.74) is 0.389. The minimum absolute atomic E-state index is 0.183. The summed E-state index contributed by atoms with van der Waals surface area (Å²) >= 11 is 1.38. The van der Waals surface area contributed by atoms with Gasteiger partial charge in [-0.05, 0) is 12.8 Å². The van der Waals surface area contributed by atoms with Gasteiger partial charge in [-0.15, -0.1) is 10.2 Å². The number of hydrogen-bond acceptors (Lipinski definition) is 7. The summed E-state index contributed by atoms with van der Waals surface area (Å²) in [6.07, 6.45) is 7.52. The van der Waals surface area contributed by atoms with Crippen molar-refractivity contribution in [1.82, 2.24) is 29.9 Å². The maximum atomic E-state index is 12.0. The summed E-state index contributed by atoms with van der Waals surface area (Å²) < 4.78 is 7.36. The van der Waals surface area contributed by atoms with E-state index in [0.29, 0.717) is 33.8 Å². The second-order valence-corrected chi connectivity index (χ2v) is 6.97. The molecule has 0 bridgehead atoms. The zero-order valence-corrected chi connectivity index (χ0v) is 14.2. The van der Waals surface area contributed by atoms with Gasteiger partial charge in [-0.3, -0.25) is 9.48 Å². The molecule has 3 aromatic rings. The summed E-state index contributed by atoms with van der Waals surface area (Å²) in [5.74, 6) is 2.16. The van der Waals surface area contributed by atoms with Crippen molar-refractivity contribution in [3.8, 4) is 0 Å². The first-order chi connectivity index (χ1) is 11.7. The largest absolute Gasteiger partial charge is 0.416 e. The zero-order chi connectivity index (χ0) is 16.5. The van der Waals surface area contributed by atoms with Crippen LogP contribution < -0.4 is 5.56 Å². The molecule has 1 fully saturated rings. The predicted molar refractivity (Wildman–Crippen MR) is 88.8 cm³/mol. The first-order valence-corrected chi connectivity index (χ1v) is 9.06. The van der Waals surface area contributed by atoms with Gasteiger partial charge in [0.2, 0.25) is 5.89 Å². The van der Waals surface area contributed by atoms with Crippen LogP contribution in [0.3, 0.4) is 0 Å². The smallest absolute Gasteiger partial charge is 0.277 e. The van der Waals surface area contributed by atoms with Crippen LogP contribution in [0.5, 0.6) is 0 Å². The Kier molecular flexibility index (Phi) is 4.09. The Balaban J connectivity index is 1.48. The van der Waals surface area contributed by atoms with Crippen molar-refractivity contribution < 1.29 is 4.42 Å². The van der Waals surface area contributed by atoms with Gasteiger partial charge in [-0.1, -0.05) is 31.0 Å². The number of aryl methyl sites for hydroxylation is 1. The number of fused-ring (bicyclic) bond motifs is 1. The molecule has 0 amide bonds. The standard InChI is InChI=1S/C15H18N6O2S/c1-21-12-10(7-16-21)13(22)18-11(17-12)8-24-15-20-19-14(23-15)9-5-3-2-4-6-9/h7,9H,2-6,8H2,1H3,(H,17,18,22). The van der Waals surface area contributed by atoms with Crippen molar-refractivity contribution in [1.29, 1.82) is 0 Å². The van der Waals surface area contributed by atoms with Crippen LogP contribution >= 0.6 is 11.8 Å². The van der Waals surface area contributed by atoms with Gasteiger partial charge in [0.15, 0.2) is 5.65 Å². The van der Waals surface area contributed by atoms with E-state index in [2.05, 4.69) is 25.3 Å². The molecule has 1 aliphatic carbocycles. The number of thioether (sulfide) groups is 1. The summed E-state index contributed by atoms with van der Waals surface area (Å²) in [6, 6.07) is 0. The highest BCUT2D eigenvalue weighted by atomic mass is 32.2. The number of H-pyrrole nitrogens is 1. The van der Waals surface area contributed by atoms with Crippen LogP contribution in [0.2, 0.25) is 0 Å². The maximum absolute atomic E-state index is 12.0. The molecule has 1 saturated carbocycles. The van der Waals surface area contributed by atoms with Crippen LogP contribution in [0.1, 0.15) is 49.7 Å². The van der Waals surface area contributed by atoms with E-state index in [1.807, 2.05) is 0 Å². The number of hydrogen-bond donors (Lipinski definition) is 1. The van der Waals surface area contributed by atoms with Crippen molar-refractivity contribution >= 4 is 22.8 Å². The monoisotopic (exact) mass is 346 g/mol. The predicted octanol–water partition coefficient (Wildman–Crippen LogP) is 2.38. The fraction of sp³-hybridized carbons (Fsp3) is 0.533. The van der Waals surface area contributed by atoms with Crippen LogP contribution in [0.25, 0.3) is 11.0 Å². The molecule has 3 heterocycles. The highest BCUT2D eigenvalue weighted by Gasteiger charge is 2.21. The van der Waals surface area contributed by atoms with E-state index in [9.17, 15) is 4.79 Å². The molecule has 126 valence electrons. The molecule has 0 radical (unpaired) electrons. The van der Waals surface area contributed by atoms with Gasteiger partial charge in [0.1, 0.15) is 11.2 Å². The van der Waals surface area contributed by atoms with Crippen molar-refractivity contribution in [2.24, 2.45) is 7.05 Å². The molecule has 0 unspecified atom stereocenters. The van der Waals surface area contributed by atoms with E-state index < -0.39 is 0 Å². The second kappa shape index (κ2) is 6.39. The molecule has 0 aromatic carbocycles. The highest BCUT2D eigenvalue weighted by Crippen LogP contribution is 2.33. The summed E-state index contributed by atoms with van der Waals surface area (Å²) in [4.78, 5) is 19.2. The van der Waals surface area contributed by atoms with E-state index in [0.717, 1.165) is 18.7 Å². The third-order valence-electron chi connectivity index (χ3n) is 4.36. The Hall–Kier alpha value is -2.16. The summed E-state index contributed by atoms with van der Waals surface area (Å²) in [5, 5.41) is 13.4. The molecule has 4 rings (SSSR count). The molecular formula is C15H18N6O2S. The van der Waals surface area contributed by atoms with E-state index >= 15 is 0 Å². The Labute approximate surface area is 142 Å². The van der Waals surface area contributed by atoms with Crippen molar-refractivity contribution in [3.05, 3.63) is 28.3 Å². The SMILES string of the molecule is Cn1ncc2c(=O)[nH]c(CSc3nnc(C4CCCCC4)o3)nc21. The number of nitrogens with one attached hydrogen (secondary N) is 1. The van der Waals surface area contributed by atoms with Gasteiger partial charge in [-0.25, -0.2) is 4.98 Å². The van der Waals surface area contributed by atoms with Gasteiger partial charge >= 0.3 is 0 Å². The van der Waals surface area contributed by atoms with E-state index in [1.165, 1.54) is 37.2 Å². The number of rotatable bonds is 4. The molecular weight excluding hydrogens is 328 g/mol. The average molecular weight is 346 g/mol. The number of aromatic nitrogens is 6. The molecule has 0 spiro atoms. The summed E-state index contributed by atoms with van der Waals surface area (Å²) in [6.45, 7) is 0.